The lowest BCUT2D eigenvalue weighted by atomic mass is 10.1. The van der Waals surface area contributed by atoms with Crippen LogP contribution in [0.1, 0.15) is 16.1 Å². The van der Waals surface area contributed by atoms with Gasteiger partial charge < -0.3 is 10.6 Å². The molecule has 0 radical (unpaired) electrons. The summed E-state index contributed by atoms with van der Waals surface area (Å²) in [5.74, 6) is 0.269. The number of aromatic nitrogens is 2. The minimum atomic E-state index is -0.263. The normalized spacial score (nSPS) is 10.4. The molecule has 3 aromatic rings. The van der Waals surface area contributed by atoms with Crippen LogP contribution >= 0.6 is 23.2 Å². The van der Waals surface area contributed by atoms with Gasteiger partial charge in [-0.15, -0.1) is 0 Å². The van der Waals surface area contributed by atoms with Crippen molar-refractivity contribution in [1.82, 2.24) is 15.3 Å². The van der Waals surface area contributed by atoms with Gasteiger partial charge in [-0.1, -0.05) is 41.4 Å². The van der Waals surface area contributed by atoms with Gasteiger partial charge in [0, 0.05) is 22.3 Å². The molecule has 0 saturated heterocycles. The van der Waals surface area contributed by atoms with E-state index in [1.54, 1.807) is 12.1 Å². The number of halogens is 2. The Kier molecular flexibility index (Phi) is 6.04. The number of benzene rings is 2. The molecule has 26 heavy (non-hydrogen) atoms. The molecule has 0 aliphatic heterocycles. The van der Waals surface area contributed by atoms with Crippen LogP contribution < -0.4 is 10.6 Å². The van der Waals surface area contributed by atoms with Crippen molar-refractivity contribution in [1.29, 1.82) is 0 Å². The van der Waals surface area contributed by atoms with E-state index in [0.29, 0.717) is 28.8 Å². The number of carbonyl (C=O) groups is 1. The van der Waals surface area contributed by atoms with E-state index in [0.717, 1.165) is 11.3 Å². The molecule has 7 heteroatoms. The highest BCUT2D eigenvalue weighted by Gasteiger charge is 2.08. The Morgan fingerprint density at radius 1 is 0.962 bits per heavy atom. The predicted molar refractivity (Wildman–Crippen MR) is 104 cm³/mol. The van der Waals surface area contributed by atoms with Crippen LogP contribution in [0, 0.1) is 0 Å². The highest BCUT2D eigenvalue weighted by Crippen LogP contribution is 2.18. The molecular formula is C19H16Cl2N4O. The smallest absolute Gasteiger partial charge is 0.271 e. The molecule has 1 amide bonds. The lowest BCUT2D eigenvalue weighted by Gasteiger charge is -2.07. The van der Waals surface area contributed by atoms with Crippen molar-refractivity contribution >= 4 is 40.6 Å². The van der Waals surface area contributed by atoms with Crippen molar-refractivity contribution in [2.24, 2.45) is 0 Å². The molecule has 0 saturated carbocycles. The zero-order valence-corrected chi connectivity index (χ0v) is 15.3. The standard InChI is InChI=1S/C19H16Cl2N4O/c20-14-6-4-13(5-7-14)8-9-22-19(26)17-11-24-18(12-23-17)25-16-3-1-2-15(21)10-16/h1-7,10-12H,8-9H2,(H,22,26)(H,24,25). The molecule has 0 bridgehead atoms. The number of nitrogens with one attached hydrogen (secondary N) is 2. The Morgan fingerprint density at radius 3 is 2.46 bits per heavy atom. The summed E-state index contributed by atoms with van der Waals surface area (Å²) in [5.41, 5.74) is 2.16. The van der Waals surface area contributed by atoms with E-state index in [1.165, 1.54) is 12.4 Å². The molecule has 0 fully saturated rings. The predicted octanol–water partition coefficient (Wildman–Crippen LogP) is 4.50. The van der Waals surface area contributed by atoms with Crippen molar-refractivity contribution < 1.29 is 4.79 Å². The van der Waals surface area contributed by atoms with Gasteiger partial charge in [-0.05, 0) is 42.3 Å². The van der Waals surface area contributed by atoms with Crippen LogP contribution in [0.3, 0.4) is 0 Å². The summed E-state index contributed by atoms with van der Waals surface area (Å²) in [6, 6.07) is 14.8. The molecule has 1 heterocycles. The van der Waals surface area contributed by atoms with Gasteiger partial charge in [-0.3, -0.25) is 4.79 Å². The fraction of sp³-hybridized carbons (Fsp3) is 0.105. The number of amides is 1. The summed E-state index contributed by atoms with van der Waals surface area (Å²) >= 11 is 11.8. The summed E-state index contributed by atoms with van der Waals surface area (Å²) in [7, 11) is 0. The Labute approximate surface area is 161 Å². The first kappa shape index (κ1) is 18.2. The molecule has 5 nitrogen and oxygen atoms in total. The SMILES string of the molecule is O=C(NCCc1ccc(Cl)cc1)c1cnc(Nc2cccc(Cl)c2)cn1. The molecule has 132 valence electrons. The monoisotopic (exact) mass is 386 g/mol. The summed E-state index contributed by atoms with van der Waals surface area (Å²) in [6.45, 7) is 0.505. The fourth-order valence-corrected chi connectivity index (χ4v) is 2.60. The molecule has 1 aromatic heterocycles. The average Bonchev–Trinajstić information content (AvgIpc) is 2.64. The van der Waals surface area contributed by atoms with E-state index in [2.05, 4.69) is 20.6 Å². The van der Waals surface area contributed by atoms with Crippen molar-refractivity contribution in [3.8, 4) is 0 Å². The van der Waals surface area contributed by atoms with E-state index in [9.17, 15) is 4.79 Å². The minimum absolute atomic E-state index is 0.262. The maximum absolute atomic E-state index is 12.1. The zero-order chi connectivity index (χ0) is 18.4. The second-order valence-electron chi connectivity index (χ2n) is 5.55. The Bertz CT molecular complexity index is 883. The molecular weight excluding hydrogens is 371 g/mol. The molecule has 3 rings (SSSR count). The first-order valence-corrected chi connectivity index (χ1v) is 8.73. The van der Waals surface area contributed by atoms with Gasteiger partial charge in [0.15, 0.2) is 0 Å². The molecule has 2 N–H and O–H groups in total. The Balaban J connectivity index is 1.52. The van der Waals surface area contributed by atoms with Crippen LogP contribution in [0.4, 0.5) is 11.5 Å². The second kappa shape index (κ2) is 8.65. The van der Waals surface area contributed by atoms with Crippen molar-refractivity contribution in [2.45, 2.75) is 6.42 Å². The van der Waals surface area contributed by atoms with Crippen LogP contribution in [-0.4, -0.2) is 22.4 Å². The van der Waals surface area contributed by atoms with Gasteiger partial charge in [0.05, 0.1) is 12.4 Å². The number of hydrogen-bond donors (Lipinski definition) is 2. The van der Waals surface area contributed by atoms with Gasteiger partial charge in [-0.25, -0.2) is 9.97 Å². The third-order valence-electron chi connectivity index (χ3n) is 3.59. The molecule has 0 aliphatic rings. The van der Waals surface area contributed by atoms with Crippen molar-refractivity contribution in [2.75, 3.05) is 11.9 Å². The van der Waals surface area contributed by atoms with Gasteiger partial charge in [-0.2, -0.15) is 0 Å². The third-order valence-corrected chi connectivity index (χ3v) is 4.08. The third kappa shape index (κ3) is 5.18. The number of hydrogen-bond acceptors (Lipinski definition) is 4. The number of anilines is 2. The van der Waals surface area contributed by atoms with E-state index in [-0.39, 0.29) is 11.6 Å². The minimum Gasteiger partial charge on any atom is -0.350 e. The highest BCUT2D eigenvalue weighted by molar-refractivity contribution is 6.31. The summed E-state index contributed by atoms with van der Waals surface area (Å²) in [4.78, 5) is 20.5. The van der Waals surface area contributed by atoms with Gasteiger partial charge in [0.2, 0.25) is 0 Å². The molecule has 0 atom stereocenters. The van der Waals surface area contributed by atoms with Crippen LogP contribution in [0.2, 0.25) is 10.0 Å². The van der Waals surface area contributed by atoms with Gasteiger partial charge >= 0.3 is 0 Å². The van der Waals surface area contributed by atoms with E-state index < -0.39 is 0 Å². The Hall–Kier alpha value is -2.63. The van der Waals surface area contributed by atoms with E-state index >= 15 is 0 Å². The summed E-state index contributed by atoms with van der Waals surface area (Å²) in [5, 5.41) is 7.22. The largest absolute Gasteiger partial charge is 0.350 e. The topological polar surface area (TPSA) is 66.9 Å². The maximum Gasteiger partial charge on any atom is 0.271 e. The summed E-state index contributed by atoms with van der Waals surface area (Å²) < 4.78 is 0. The lowest BCUT2D eigenvalue weighted by Crippen LogP contribution is -2.26. The first-order chi connectivity index (χ1) is 12.6. The van der Waals surface area contributed by atoms with Crippen molar-refractivity contribution in [3.05, 3.63) is 82.2 Å². The molecule has 0 spiro atoms. The first-order valence-electron chi connectivity index (χ1n) is 7.97. The molecule has 0 unspecified atom stereocenters. The lowest BCUT2D eigenvalue weighted by molar-refractivity contribution is 0.0949. The van der Waals surface area contributed by atoms with Crippen LogP contribution in [0.5, 0.6) is 0 Å². The van der Waals surface area contributed by atoms with Crippen LogP contribution in [-0.2, 0) is 6.42 Å². The molecule has 0 aliphatic carbocycles. The number of nitrogens with zero attached hydrogens (tertiary/aromatic N) is 2. The highest BCUT2D eigenvalue weighted by atomic mass is 35.5. The van der Waals surface area contributed by atoms with Gasteiger partial charge in [0.1, 0.15) is 11.5 Å². The van der Waals surface area contributed by atoms with E-state index in [1.807, 2.05) is 36.4 Å². The zero-order valence-electron chi connectivity index (χ0n) is 13.7. The fourth-order valence-electron chi connectivity index (χ4n) is 2.29. The van der Waals surface area contributed by atoms with Crippen LogP contribution in [0.25, 0.3) is 0 Å². The van der Waals surface area contributed by atoms with Gasteiger partial charge in [0.25, 0.3) is 5.91 Å². The second-order valence-corrected chi connectivity index (χ2v) is 6.43. The maximum atomic E-state index is 12.1. The summed E-state index contributed by atoms with van der Waals surface area (Å²) in [6.07, 6.45) is 3.66. The average molecular weight is 387 g/mol. The van der Waals surface area contributed by atoms with Crippen LogP contribution in [0.15, 0.2) is 60.9 Å². The van der Waals surface area contributed by atoms with Crippen molar-refractivity contribution in [3.63, 3.8) is 0 Å². The number of carbonyl (C=O) groups excluding carboxylic acids is 1. The van der Waals surface area contributed by atoms with E-state index in [4.69, 9.17) is 23.2 Å². The molecule has 2 aromatic carbocycles. The quantitative estimate of drug-likeness (QED) is 0.654. The Morgan fingerprint density at radius 2 is 1.77 bits per heavy atom. The number of rotatable bonds is 6.